The predicted octanol–water partition coefficient (Wildman–Crippen LogP) is 2.19. The number of benzene rings is 1. The highest BCUT2D eigenvalue weighted by molar-refractivity contribution is 5.81. The molecule has 1 aromatic heterocycles. The van der Waals surface area contributed by atoms with Crippen LogP contribution in [-0.2, 0) is 0 Å². The summed E-state index contributed by atoms with van der Waals surface area (Å²) in [6, 6.07) is 8.81. The third-order valence-corrected chi connectivity index (χ3v) is 2.31. The van der Waals surface area contributed by atoms with Crippen LogP contribution in [0.3, 0.4) is 0 Å². The Morgan fingerprint density at radius 3 is 2.76 bits per heavy atom. The Morgan fingerprint density at radius 1 is 1.35 bits per heavy atom. The maximum atomic E-state index is 11.4. The Morgan fingerprint density at radius 2 is 2.12 bits per heavy atom. The van der Waals surface area contributed by atoms with E-state index in [0.29, 0.717) is 5.52 Å². The molecule has 1 heterocycles. The van der Waals surface area contributed by atoms with Crippen molar-refractivity contribution in [2.45, 2.75) is 20.0 Å². The fraction of sp³-hybridized carbons (Fsp3) is 0.231. The molecule has 0 bridgehead atoms. The smallest absolute Gasteiger partial charge is 0.266 e. The van der Waals surface area contributed by atoms with Crippen molar-refractivity contribution in [3.05, 3.63) is 40.2 Å². The molecule has 0 radical (unpaired) electrons. The molecule has 17 heavy (non-hydrogen) atoms. The van der Waals surface area contributed by atoms with E-state index in [1.54, 1.807) is 18.2 Å². The third-order valence-electron chi connectivity index (χ3n) is 2.31. The van der Waals surface area contributed by atoms with E-state index in [0.717, 1.165) is 11.1 Å². The largest absolute Gasteiger partial charge is 0.491 e. The second-order valence-electron chi connectivity index (χ2n) is 4.04. The molecule has 4 nitrogen and oxygen atoms in total. The van der Waals surface area contributed by atoms with Crippen molar-refractivity contribution in [3.8, 4) is 11.8 Å². The lowest BCUT2D eigenvalue weighted by Crippen LogP contribution is -2.10. The number of H-pyrrole nitrogens is 1. The van der Waals surface area contributed by atoms with Crippen LogP contribution in [0, 0.1) is 11.3 Å². The van der Waals surface area contributed by atoms with E-state index >= 15 is 0 Å². The average Bonchev–Trinajstić information content (AvgIpc) is 2.28. The molecule has 86 valence electrons. The molecule has 0 aliphatic heterocycles. The molecule has 0 spiro atoms. The average molecular weight is 228 g/mol. The fourth-order valence-electron chi connectivity index (χ4n) is 1.61. The van der Waals surface area contributed by atoms with Crippen LogP contribution in [0.25, 0.3) is 10.9 Å². The Hall–Kier alpha value is -2.28. The second-order valence-corrected chi connectivity index (χ2v) is 4.04. The van der Waals surface area contributed by atoms with E-state index in [-0.39, 0.29) is 17.2 Å². The SMILES string of the molecule is CC(C)Oc1ccc2[nH]c(=O)c(C#N)cc2c1. The number of nitriles is 1. The van der Waals surface area contributed by atoms with Crippen molar-refractivity contribution in [1.82, 2.24) is 4.98 Å². The van der Waals surface area contributed by atoms with E-state index < -0.39 is 0 Å². The molecule has 0 saturated carbocycles. The van der Waals surface area contributed by atoms with E-state index in [1.165, 1.54) is 0 Å². The van der Waals surface area contributed by atoms with E-state index in [1.807, 2.05) is 26.0 Å². The first-order valence-electron chi connectivity index (χ1n) is 5.34. The van der Waals surface area contributed by atoms with Gasteiger partial charge in [-0.25, -0.2) is 0 Å². The highest BCUT2D eigenvalue weighted by Crippen LogP contribution is 2.19. The van der Waals surface area contributed by atoms with Gasteiger partial charge >= 0.3 is 0 Å². The first-order chi connectivity index (χ1) is 8.10. The summed E-state index contributed by atoms with van der Waals surface area (Å²) in [6.07, 6.45) is 0.0886. The topological polar surface area (TPSA) is 65.9 Å². The summed E-state index contributed by atoms with van der Waals surface area (Å²) in [7, 11) is 0. The normalized spacial score (nSPS) is 10.5. The molecule has 0 fully saturated rings. The minimum atomic E-state index is -0.363. The highest BCUT2D eigenvalue weighted by atomic mass is 16.5. The van der Waals surface area contributed by atoms with Crippen LogP contribution in [0.2, 0.25) is 0 Å². The molecule has 1 aromatic carbocycles. The molecule has 0 atom stereocenters. The first-order valence-corrected chi connectivity index (χ1v) is 5.34. The van der Waals surface area contributed by atoms with Gasteiger partial charge in [-0.2, -0.15) is 5.26 Å². The van der Waals surface area contributed by atoms with Gasteiger partial charge in [0.05, 0.1) is 6.10 Å². The second kappa shape index (κ2) is 4.30. The standard InChI is InChI=1S/C13H12N2O2/c1-8(2)17-11-3-4-12-9(6-11)5-10(7-14)13(16)15-12/h3-6,8H,1-2H3,(H,15,16). The van der Waals surface area contributed by atoms with Gasteiger partial charge < -0.3 is 9.72 Å². The minimum Gasteiger partial charge on any atom is -0.491 e. The summed E-state index contributed by atoms with van der Waals surface area (Å²) in [4.78, 5) is 14.1. The van der Waals surface area contributed by atoms with Gasteiger partial charge in [0.1, 0.15) is 17.4 Å². The summed E-state index contributed by atoms with van der Waals surface area (Å²) in [6.45, 7) is 3.88. The number of hydrogen-bond donors (Lipinski definition) is 1. The zero-order chi connectivity index (χ0) is 12.4. The number of hydrogen-bond acceptors (Lipinski definition) is 3. The fourth-order valence-corrected chi connectivity index (χ4v) is 1.61. The van der Waals surface area contributed by atoms with Crippen LogP contribution in [0.5, 0.6) is 5.75 Å². The summed E-state index contributed by atoms with van der Waals surface area (Å²) < 4.78 is 5.55. The van der Waals surface area contributed by atoms with Gasteiger partial charge in [0.2, 0.25) is 0 Å². The molecule has 2 aromatic rings. The number of ether oxygens (including phenoxy) is 1. The number of nitrogens with one attached hydrogen (secondary N) is 1. The van der Waals surface area contributed by atoms with E-state index in [2.05, 4.69) is 4.98 Å². The van der Waals surface area contributed by atoms with Crippen molar-refractivity contribution < 1.29 is 4.74 Å². The summed E-state index contributed by atoms with van der Waals surface area (Å²) in [5, 5.41) is 9.58. The highest BCUT2D eigenvalue weighted by Gasteiger charge is 2.04. The zero-order valence-electron chi connectivity index (χ0n) is 9.65. The molecule has 0 unspecified atom stereocenters. The number of aromatic nitrogens is 1. The Balaban J connectivity index is 2.57. The molecule has 0 aliphatic rings. The van der Waals surface area contributed by atoms with Gasteiger partial charge in [-0.1, -0.05) is 0 Å². The molecule has 0 saturated heterocycles. The van der Waals surface area contributed by atoms with Crippen LogP contribution >= 0.6 is 0 Å². The lowest BCUT2D eigenvalue weighted by atomic mass is 10.1. The van der Waals surface area contributed by atoms with Crippen LogP contribution in [0.1, 0.15) is 19.4 Å². The zero-order valence-corrected chi connectivity index (χ0v) is 9.65. The van der Waals surface area contributed by atoms with Crippen LogP contribution in [-0.4, -0.2) is 11.1 Å². The molecule has 2 rings (SSSR count). The van der Waals surface area contributed by atoms with Crippen LogP contribution < -0.4 is 10.3 Å². The van der Waals surface area contributed by atoms with Crippen LogP contribution in [0.4, 0.5) is 0 Å². The summed E-state index contributed by atoms with van der Waals surface area (Å²) >= 11 is 0. The summed E-state index contributed by atoms with van der Waals surface area (Å²) in [5.74, 6) is 0.725. The Labute approximate surface area is 98.5 Å². The van der Waals surface area contributed by atoms with Crippen LogP contribution in [0.15, 0.2) is 29.1 Å². The van der Waals surface area contributed by atoms with E-state index in [4.69, 9.17) is 10.00 Å². The number of nitrogens with zero attached hydrogens (tertiary/aromatic N) is 1. The monoisotopic (exact) mass is 228 g/mol. The van der Waals surface area contributed by atoms with Gasteiger partial charge in [-0.05, 0) is 38.1 Å². The number of fused-ring (bicyclic) bond motifs is 1. The lowest BCUT2D eigenvalue weighted by molar-refractivity contribution is 0.243. The van der Waals surface area contributed by atoms with Crippen molar-refractivity contribution in [2.75, 3.05) is 0 Å². The predicted molar refractivity (Wildman–Crippen MR) is 65.0 cm³/mol. The third kappa shape index (κ3) is 2.28. The molecular weight excluding hydrogens is 216 g/mol. The van der Waals surface area contributed by atoms with Crippen molar-refractivity contribution in [1.29, 1.82) is 5.26 Å². The maximum Gasteiger partial charge on any atom is 0.266 e. The molecule has 0 aliphatic carbocycles. The van der Waals surface area contributed by atoms with Crippen molar-refractivity contribution >= 4 is 10.9 Å². The Bertz CT molecular complexity index is 650. The van der Waals surface area contributed by atoms with Gasteiger partial charge in [-0.15, -0.1) is 0 Å². The van der Waals surface area contributed by atoms with Crippen molar-refractivity contribution in [3.63, 3.8) is 0 Å². The number of rotatable bonds is 2. The lowest BCUT2D eigenvalue weighted by Gasteiger charge is -2.10. The van der Waals surface area contributed by atoms with Crippen molar-refractivity contribution in [2.24, 2.45) is 0 Å². The first kappa shape index (κ1) is 11.2. The molecular formula is C13H12N2O2. The van der Waals surface area contributed by atoms with Gasteiger partial charge in [-0.3, -0.25) is 4.79 Å². The van der Waals surface area contributed by atoms with Gasteiger partial charge in [0.25, 0.3) is 5.56 Å². The quantitative estimate of drug-likeness (QED) is 0.856. The maximum absolute atomic E-state index is 11.4. The van der Waals surface area contributed by atoms with E-state index in [9.17, 15) is 4.79 Å². The number of pyridine rings is 1. The minimum absolute atomic E-state index is 0.0886. The molecule has 1 N–H and O–H groups in total. The Kier molecular flexibility index (Phi) is 2.84. The van der Waals surface area contributed by atoms with Gasteiger partial charge in [0.15, 0.2) is 0 Å². The molecule has 4 heteroatoms. The summed E-state index contributed by atoms with van der Waals surface area (Å²) in [5.41, 5.74) is 0.446. The van der Waals surface area contributed by atoms with Gasteiger partial charge in [0, 0.05) is 10.9 Å². The molecule has 0 amide bonds. The number of aromatic amines is 1.